The van der Waals surface area contributed by atoms with Crippen molar-refractivity contribution in [3.05, 3.63) is 53.4 Å². The van der Waals surface area contributed by atoms with Gasteiger partial charge in [-0.15, -0.1) is 0 Å². The van der Waals surface area contributed by atoms with Gasteiger partial charge < -0.3 is 4.57 Å². The number of ketones is 1. The van der Waals surface area contributed by atoms with E-state index in [1.165, 1.54) is 6.20 Å². The van der Waals surface area contributed by atoms with Crippen LogP contribution in [0, 0.1) is 5.82 Å². The molecule has 0 bridgehead atoms. The lowest BCUT2D eigenvalue weighted by Crippen LogP contribution is -2.12. The van der Waals surface area contributed by atoms with Crippen LogP contribution in [0.15, 0.2) is 30.6 Å². The van der Waals surface area contributed by atoms with Crippen molar-refractivity contribution in [1.82, 2.24) is 9.55 Å². The van der Waals surface area contributed by atoms with Crippen molar-refractivity contribution in [3.63, 3.8) is 0 Å². The van der Waals surface area contributed by atoms with Gasteiger partial charge in [-0.3, -0.25) is 4.79 Å². The summed E-state index contributed by atoms with van der Waals surface area (Å²) in [7, 11) is 1.67. The monoisotopic (exact) mass is 286 g/mol. The van der Waals surface area contributed by atoms with Gasteiger partial charge in [0.1, 0.15) is 11.6 Å². The molecule has 0 radical (unpaired) electrons. The molecule has 0 saturated carbocycles. The van der Waals surface area contributed by atoms with Crippen LogP contribution in [0.3, 0.4) is 0 Å². The minimum atomic E-state index is -4.83. The second-order valence-corrected chi connectivity index (χ2v) is 4.25. The zero-order chi connectivity index (χ0) is 14.9. The number of benzene rings is 1. The van der Waals surface area contributed by atoms with E-state index in [1.54, 1.807) is 17.8 Å². The molecule has 0 amide bonds. The van der Waals surface area contributed by atoms with E-state index in [4.69, 9.17) is 0 Å². The third-order valence-electron chi connectivity index (χ3n) is 2.83. The summed E-state index contributed by atoms with van der Waals surface area (Å²) in [4.78, 5) is 15.8. The van der Waals surface area contributed by atoms with E-state index in [0.29, 0.717) is 18.0 Å². The lowest BCUT2D eigenvalue weighted by molar-refractivity contribution is -0.140. The molecule has 106 valence electrons. The highest BCUT2D eigenvalue weighted by molar-refractivity contribution is 5.97. The lowest BCUT2D eigenvalue weighted by Gasteiger charge is -2.09. The predicted octanol–water partition coefficient (Wildman–Crippen LogP) is 3.00. The van der Waals surface area contributed by atoms with Gasteiger partial charge in [0.05, 0.1) is 12.0 Å². The van der Waals surface area contributed by atoms with E-state index in [-0.39, 0.29) is 12.0 Å². The Hall–Kier alpha value is -2.18. The van der Waals surface area contributed by atoms with Gasteiger partial charge in [0, 0.05) is 25.0 Å². The Kier molecular flexibility index (Phi) is 3.61. The third kappa shape index (κ3) is 2.87. The summed E-state index contributed by atoms with van der Waals surface area (Å²) in [6.45, 7) is 0. The first kappa shape index (κ1) is 14.2. The third-order valence-corrected chi connectivity index (χ3v) is 2.83. The van der Waals surface area contributed by atoms with Crippen LogP contribution in [0.1, 0.15) is 21.7 Å². The molecule has 0 unspecified atom stereocenters. The van der Waals surface area contributed by atoms with Gasteiger partial charge in [0.25, 0.3) is 0 Å². The summed E-state index contributed by atoms with van der Waals surface area (Å²) < 4.78 is 52.4. The maximum atomic E-state index is 13.1. The highest BCUT2D eigenvalue weighted by Gasteiger charge is 2.34. The second-order valence-electron chi connectivity index (χ2n) is 4.25. The minimum absolute atomic E-state index is 0.146. The highest BCUT2D eigenvalue weighted by Crippen LogP contribution is 2.32. The SMILES string of the molecule is Cn1ccnc1CC(=O)c1ccc(F)c(C(F)(F)F)c1. The van der Waals surface area contributed by atoms with E-state index in [9.17, 15) is 22.4 Å². The summed E-state index contributed by atoms with van der Waals surface area (Å²) in [6.07, 6.45) is -1.88. The molecule has 0 aliphatic rings. The molecule has 0 aliphatic heterocycles. The van der Waals surface area contributed by atoms with Crippen LogP contribution in [0.4, 0.5) is 17.6 Å². The maximum Gasteiger partial charge on any atom is 0.419 e. The molecule has 0 aliphatic carbocycles. The summed E-state index contributed by atoms with van der Waals surface area (Å²) in [5.41, 5.74) is -1.63. The predicted molar refractivity (Wildman–Crippen MR) is 62.6 cm³/mol. The van der Waals surface area contributed by atoms with Gasteiger partial charge in [-0.05, 0) is 18.2 Å². The van der Waals surface area contributed by atoms with Crippen molar-refractivity contribution in [2.45, 2.75) is 12.6 Å². The van der Waals surface area contributed by atoms with Crippen molar-refractivity contribution >= 4 is 5.78 Å². The zero-order valence-electron chi connectivity index (χ0n) is 10.4. The lowest BCUT2D eigenvalue weighted by atomic mass is 10.0. The number of hydrogen-bond acceptors (Lipinski definition) is 2. The van der Waals surface area contributed by atoms with Gasteiger partial charge in [0.2, 0.25) is 0 Å². The average Bonchev–Trinajstić information content (AvgIpc) is 2.74. The fraction of sp³-hybridized carbons (Fsp3) is 0.231. The Balaban J connectivity index is 2.29. The molecular formula is C13H10F4N2O. The van der Waals surface area contributed by atoms with E-state index in [2.05, 4.69) is 4.98 Å². The van der Waals surface area contributed by atoms with E-state index in [1.807, 2.05) is 0 Å². The first-order chi connectivity index (χ1) is 9.29. The molecule has 0 atom stereocenters. The topological polar surface area (TPSA) is 34.9 Å². The Bertz CT molecular complexity index is 646. The van der Waals surface area contributed by atoms with Crippen LogP contribution < -0.4 is 0 Å². The van der Waals surface area contributed by atoms with Gasteiger partial charge in [-0.25, -0.2) is 9.37 Å². The quantitative estimate of drug-likeness (QED) is 0.642. The Morgan fingerprint density at radius 1 is 1.35 bits per heavy atom. The minimum Gasteiger partial charge on any atom is -0.338 e. The summed E-state index contributed by atoms with van der Waals surface area (Å²) in [6, 6.07) is 2.21. The Labute approximate surface area is 111 Å². The molecule has 1 heterocycles. The molecule has 1 aromatic carbocycles. The Morgan fingerprint density at radius 2 is 2.05 bits per heavy atom. The highest BCUT2D eigenvalue weighted by atomic mass is 19.4. The molecule has 1 aromatic heterocycles. The number of rotatable bonds is 3. The molecule has 20 heavy (non-hydrogen) atoms. The number of aromatic nitrogens is 2. The number of halogens is 4. The van der Waals surface area contributed by atoms with Crippen molar-refractivity contribution in [3.8, 4) is 0 Å². The van der Waals surface area contributed by atoms with Gasteiger partial charge in [0.15, 0.2) is 5.78 Å². The molecule has 2 rings (SSSR count). The van der Waals surface area contributed by atoms with Gasteiger partial charge in [-0.1, -0.05) is 0 Å². The molecular weight excluding hydrogens is 276 g/mol. The number of nitrogens with zero attached hydrogens (tertiary/aromatic N) is 2. The number of aryl methyl sites for hydroxylation is 1. The molecule has 0 fully saturated rings. The van der Waals surface area contributed by atoms with Crippen molar-refractivity contribution in [2.24, 2.45) is 7.05 Å². The van der Waals surface area contributed by atoms with Crippen LogP contribution >= 0.6 is 0 Å². The number of carbonyl (C=O) groups is 1. The molecule has 0 spiro atoms. The van der Waals surface area contributed by atoms with Crippen LogP contribution in [0.5, 0.6) is 0 Å². The van der Waals surface area contributed by atoms with E-state index in [0.717, 1.165) is 6.07 Å². The molecule has 7 heteroatoms. The van der Waals surface area contributed by atoms with Crippen LogP contribution in [0.2, 0.25) is 0 Å². The van der Waals surface area contributed by atoms with E-state index < -0.39 is 23.3 Å². The normalized spacial score (nSPS) is 11.7. The molecule has 0 N–H and O–H groups in total. The van der Waals surface area contributed by atoms with Gasteiger partial charge >= 0.3 is 6.18 Å². The fourth-order valence-corrected chi connectivity index (χ4v) is 1.73. The largest absolute Gasteiger partial charge is 0.419 e. The number of alkyl halides is 3. The standard InChI is InChI=1S/C13H10F4N2O/c1-19-5-4-18-12(19)7-11(20)8-2-3-10(14)9(6-8)13(15,16)17/h2-6H,7H2,1H3. The van der Waals surface area contributed by atoms with Crippen molar-refractivity contribution < 1.29 is 22.4 Å². The summed E-state index contributed by atoms with van der Waals surface area (Å²) >= 11 is 0. The molecule has 2 aromatic rings. The number of hydrogen-bond donors (Lipinski definition) is 0. The smallest absolute Gasteiger partial charge is 0.338 e. The Morgan fingerprint density at radius 3 is 2.60 bits per heavy atom. The average molecular weight is 286 g/mol. The van der Waals surface area contributed by atoms with Gasteiger partial charge in [-0.2, -0.15) is 13.2 Å². The zero-order valence-corrected chi connectivity index (χ0v) is 10.4. The summed E-state index contributed by atoms with van der Waals surface area (Å²) in [5, 5.41) is 0. The maximum absolute atomic E-state index is 13.1. The first-order valence-corrected chi connectivity index (χ1v) is 5.65. The number of imidazole rings is 1. The number of Topliss-reactive ketones (excluding diaryl/α,β-unsaturated/α-hetero) is 1. The molecule has 3 nitrogen and oxygen atoms in total. The van der Waals surface area contributed by atoms with Crippen molar-refractivity contribution in [2.75, 3.05) is 0 Å². The number of carbonyl (C=O) groups excluding carboxylic acids is 1. The summed E-state index contributed by atoms with van der Waals surface area (Å²) in [5.74, 6) is -1.52. The second kappa shape index (κ2) is 5.07. The van der Waals surface area contributed by atoms with Crippen LogP contribution in [-0.2, 0) is 19.6 Å². The van der Waals surface area contributed by atoms with E-state index >= 15 is 0 Å². The van der Waals surface area contributed by atoms with Crippen molar-refractivity contribution in [1.29, 1.82) is 0 Å². The fourth-order valence-electron chi connectivity index (χ4n) is 1.73. The molecule has 0 saturated heterocycles. The first-order valence-electron chi connectivity index (χ1n) is 5.65. The van der Waals surface area contributed by atoms with Crippen LogP contribution in [-0.4, -0.2) is 15.3 Å². The van der Waals surface area contributed by atoms with Crippen LogP contribution in [0.25, 0.3) is 0 Å².